The molecule has 14 heavy (non-hydrogen) atoms. The second-order valence-corrected chi connectivity index (χ2v) is 4.09. The van der Waals surface area contributed by atoms with Crippen molar-refractivity contribution in [2.45, 2.75) is 19.4 Å². The molecule has 0 aliphatic carbocycles. The first-order valence-corrected chi connectivity index (χ1v) is 4.52. The average Bonchev–Trinajstić information content (AvgIpc) is 2.01. The highest BCUT2D eigenvalue weighted by atomic mass is 19.1. The number of anilines is 1. The quantitative estimate of drug-likeness (QED) is 0.785. The van der Waals surface area contributed by atoms with Crippen molar-refractivity contribution >= 4 is 5.69 Å². The fourth-order valence-electron chi connectivity index (χ4n) is 1.46. The number of nitrogens with zero attached hydrogens (tertiary/aromatic N) is 1. The minimum absolute atomic E-state index is 0.311. The van der Waals surface area contributed by atoms with Crippen LogP contribution in [0.25, 0.3) is 0 Å². The van der Waals surface area contributed by atoms with E-state index >= 15 is 0 Å². The van der Waals surface area contributed by atoms with Crippen LogP contribution in [0.5, 0.6) is 0 Å². The van der Waals surface area contributed by atoms with E-state index in [-0.39, 0.29) is 5.82 Å². The maximum Gasteiger partial charge on any atom is 0.146 e. The number of hydrogen-bond donors (Lipinski definition) is 1. The van der Waals surface area contributed by atoms with Gasteiger partial charge in [-0.1, -0.05) is 12.1 Å². The van der Waals surface area contributed by atoms with Crippen molar-refractivity contribution in [3.8, 4) is 0 Å². The van der Waals surface area contributed by atoms with E-state index in [2.05, 4.69) is 0 Å². The van der Waals surface area contributed by atoms with Crippen LogP contribution in [0.4, 0.5) is 10.1 Å². The highest BCUT2D eigenvalue weighted by molar-refractivity contribution is 5.55. The van der Waals surface area contributed by atoms with E-state index in [0.29, 0.717) is 11.3 Å². The van der Waals surface area contributed by atoms with Crippen LogP contribution in [0, 0.1) is 5.82 Å². The molecule has 0 spiro atoms. The number of halogens is 1. The molecule has 0 radical (unpaired) electrons. The third-order valence-electron chi connectivity index (χ3n) is 2.09. The van der Waals surface area contributed by atoms with Crippen LogP contribution < -0.4 is 4.90 Å². The summed E-state index contributed by atoms with van der Waals surface area (Å²) in [5.74, 6) is -0.311. The number of benzene rings is 1. The van der Waals surface area contributed by atoms with Gasteiger partial charge in [0, 0.05) is 19.7 Å². The first kappa shape index (κ1) is 11.0. The number of hydrogen-bond acceptors (Lipinski definition) is 2. The Labute approximate surface area is 84.0 Å². The standard InChI is InChI=1S/C11H16FNO/c1-11(2,14)8-6-5-7-9(12)10(8)13(3)4/h5-7,14H,1-4H3. The van der Waals surface area contributed by atoms with Gasteiger partial charge < -0.3 is 10.0 Å². The summed E-state index contributed by atoms with van der Waals surface area (Å²) in [5.41, 5.74) is 0.0179. The van der Waals surface area contributed by atoms with E-state index in [1.54, 1.807) is 45.0 Å². The molecule has 3 heteroatoms. The molecule has 1 rings (SSSR count). The Hall–Kier alpha value is -1.09. The lowest BCUT2D eigenvalue weighted by molar-refractivity contribution is 0.0788. The lowest BCUT2D eigenvalue weighted by Gasteiger charge is -2.25. The van der Waals surface area contributed by atoms with Crippen LogP contribution in [0.2, 0.25) is 0 Å². The second kappa shape index (κ2) is 3.58. The highest BCUT2D eigenvalue weighted by Gasteiger charge is 2.22. The first-order valence-electron chi connectivity index (χ1n) is 4.52. The van der Waals surface area contributed by atoms with Crippen molar-refractivity contribution in [3.05, 3.63) is 29.6 Å². The zero-order valence-electron chi connectivity index (χ0n) is 9.00. The van der Waals surface area contributed by atoms with Gasteiger partial charge in [-0.2, -0.15) is 0 Å². The first-order chi connectivity index (χ1) is 6.34. The van der Waals surface area contributed by atoms with Crippen LogP contribution >= 0.6 is 0 Å². The topological polar surface area (TPSA) is 23.5 Å². The van der Waals surface area contributed by atoms with E-state index in [0.717, 1.165) is 0 Å². The van der Waals surface area contributed by atoms with Crippen LogP contribution in [-0.2, 0) is 5.60 Å². The predicted octanol–water partition coefficient (Wildman–Crippen LogP) is 2.12. The van der Waals surface area contributed by atoms with Crippen molar-refractivity contribution in [1.82, 2.24) is 0 Å². The summed E-state index contributed by atoms with van der Waals surface area (Å²) in [5, 5.41) is 9.85. The van der Waals surface area contributed by atoms with Crippen LogP contribution in [0.1, 0.15) is 19.4 Å². The summed E-state index contributed by atoms with van der Waals surface area (Å²) in [4.78, 5) is 1.67. The third-order valence-corrected chi connectivity index (χ3v) is 2.09. The molecule has 0 aromatic heterocycles. The Balaban J connectivity index is 3.36. The molecule has 78 valence electrons. The number of aliphatic hydroxyl groups is 1. The molecule has 0 aliphatic heterocycles. The number of para-hydroxylation sites is 1. The molecule has 0 atom stereocenters. The smallest absolute Gasteiger partial charge is 0.146 e. The predicted molar refractivity (Wildman–Crippen MR) is 56.0 cm³/mol. The zero-order chi connectivity index (χ0) is 10.9. The highest BCUT2D eigenvalue weighted by Crippen LogP contribution is 2.31. The van der Waals surface area contributed by atoms with Gasteiger partial charge >= 0.3 is 0 Å². The SMILES string of the molecule is CN(C)c1c(F)cccc1C(C)(C)O. The zero-order valence-corrected chi connectivity index (χ0v) is 9.00. The molecule has 0 aliphatic rings. The summed E-state index contributed by atoms with van der Waals surface area (Å²) in [6, 6.07) is 4.73. The average molecular weight is 197 g/mol. The maximum atomic E-state index is 13.5. The lowest BCUT2D eigenvalue weighted by atomic mass is 9.96. The summed E-state index contributed by atoms with van der Waals surface area (Å²) in [6.45, 7) is 3.30. The molecule has 0 saturated carbocycles. The molecule has 0 saturated heterocycles. The van der Waals surface area contributed by atoms with E-state index in [9.17, 15) is 9.50 Å². The fourth-order valence-corrected chi connectivity index (χ4v) is 1.46. The van der Waals surface area contributed by atoms with Gasteiger partial charge in [-0.05, 0) is 19.9 Å². The van der Waals surface area contributed by atoms with Gasteiger partial charge in [0.2, 0.25) is 0 Å². The summed E-state index contributed by atoms with van der Waals surface area (Å²) in [7, 11) is 3.52. The Bertz CT molecular complexity index is 329. The Kier molecular flexibility index (Phi) is 2.81. The van der Waals surface area contributed by atoms with Gasteiger partial charge in [0.15, 0.2) is 0 Å². The molecular weight excluding hydrogens is 181 g/mol. The molecule has 1 aromatic carbocycles. The van der Waals surface area contributed by atoms with Crippen molar-refractivity contribution in [2.24, 2.45) is 0 Å². The molecule has 0 bridgehead atoms. The van der Waals surface area contributed by atoms with Gasteiger partial charge in [0.05, 0.1) is 11.3 Å². The van der Waals surface area contributed by atoms with Crippen LogP contribution in [0.15, 0.2) is 18.2 Å². The molecular formula is C11H16FNO. The monoisotopic (exact) mass is 197 g/mol. The van der Waals surface area contributed by atoms with Gasteiger partial charge in [-0.15, -0.1) is 0 Å². The minimum Gasteiger partial charge on any atom is -0.386 e. The second-order valence-electron chi connectivity index (χ2n) is 4.09. The Morgan fingerprint density at radius 1 is 1.29 bits per heavy atom. The molecule has 2 nitrogen and oxygen atoms in total. The summed E-state index contributed by atoms with van der Waals surface area (Å²) in [6.07, 6.45) is 0. The largest absolute Gasteiger partial charge is 0.386 e. The summed E-state index contributed by atoms with van der Waals surface area (Å²) < 4.78 is 13.5. The van der Waals surface area contributed by atoms with Crippen molar-refractivity contribution in [1.29, 1.82) is 0 Å². The van der Waals surface area contributed by atoms with Crippen molar-refractivity contribution in [3.63, 3.8) is 0 Å². The van der Waals surface area contributed by atoms with Crippen molar-refractivity contribution < 1.29 is 9.50 Å². The number of rotatable bonds is 2. The molecule has 1 aromatic rings. The molecule has 0 heterocycles. The normalized spacial score (nSPS) is 11.6. The molecule has 0 unspecified atom stereocenters. The molecule has 0 fully saturated rings. The summed E-state index contributed by atoms with van der Waals surface area (Å²) >= 11 is 0. The Morgan fingerprint density at radius 3 is 2.21 bits per heavy atom. The van der Waals surface area contributed by atoms with E-state index in [1.807, 2.05) is 0 Å². The van der Waals surface area contributed by atoms with Gasteiger partial charge in [0.25, 0.3) is 0 Å². The van der Waals surface area contributed by atoms with Crippen LogP contribution in [-0.4, -0.2) is 19.2 Å². The van der Waals surface area contributed by atoms with Gasteiger partial charge in [0.1, 0.15) is 5.82 Å². The van der Waals surface area contributed by atoms with Gasteiger partial charge in [-0.25, -0.2) is 4.39 Å². The van der Waals surface area contributed by atoms with E-state index in [4.69, 9.17) is 0 Å². The maximum absolute atomic E-state index is 13.5. The molecule has 0 amide bonds. The Morgan fingerprint density at radius 2 is 1.86 bits per heavy atom. The van der Waals surface area contributed by atoms with Gasteiger partial charge in [-0.3, -0.25) is 0 Å². The fraction of sp³-hybridized carbons (Fsp3) is 0.455. The van der Waals surface area contributed by atoms with E-state index < -0.39 is 5.60 Å². The lowest BCUT2D eigenvalue weighted by Crippen LogP contribution is -2.22. The third kappa shape index (κ3) is 2.04. The van der Waals surface area contributed by atoms with Crippen molar-refractivity contribution in [2.75, 3.05) is 19.0 Å². The minimum atomic E-state index is -1.03. The molecule has 1 N–H and O–H groups in total. The van der Waals surface area contributed by atoms with Crippen LogP contribution in [0.3, 0.4) is 0 Å². The van der Waals surface area contributed by atoms with E-state index in [1.165, 1.54) is 6.07 Å².